The highest BCUT2D eigenvalue weighted by Gasteiger charge is 2.22. The Labute approximate surface area is 148 Å². The molecular formula is C18H38N4S. The number of rotatable bonds is 11. The zero-order chi connectivity index (χ0) is 16.9. The molecule has 136 valence electrons. The monoisotopic (exact) mass is 342 g/mol. The molecule has 2 N–H and O–H groups in total. The van der Waals surface area contributed by atoms with Crippen molar-refractivity contribution in [3.63, 3.8) is 0 Å². The molecule has 1 aliphatic rings. The van der Waals surface area contributed by atoms with Gasteiger partial charge in [-0.2, -0.15) is 11.8 Å². The Bertz CT molecular complexity index is 314. The molecule has 0 aromatic carbocycles. The molecule has 1 unspecified atom stereocenters. The van der Waals surface area contributed by atoms with Crippen LogP contribution in [0.25, 0.3) is 0 Å². The minimum absolute atomic E-state index is 0.601. The van der Waals surface area contributed by atoms with Gasteiger partial charge in [-0.3, -0.25) is 9.89 Å². The lowest BCUT2D eigenvalue weighted by Gasteiger charge is -2.28. The number of likely N-dealkylation sites (tertiary alicyclic amines) is 1. The van der Waals surface area contributed by atoms with Crippen LogP contribution in [0.15, 0.2) is 4.99 Å². The van der Waals surface area contributed by atoms with Crippen LogP contribution in [0.3, 0.4) is 0 Å². The summed E-state index contributed by atoms with van der Waals surface area (Å²) in [6.07, 6.45) is 8.62. The third kappa shape index (κ3) is 9.46. The van der Waals surface area contributed by atoms with Gasteiger partial charge in [0.1, 0.15) is 0 Å². The number of aliphatic imine (C=N–C) groups is 1. The maximum absolute atomic E-state index is 4.88. The molecule has 1 saturated heterocycles. The lowest BCUT2D eigenvalue weighted by molar-refractivity contribution is 0.218. The van der Waals surface area contributed by atoms with Gasteiger partial charge in [0.25, 0.3) is 0 Å². The topological polar surface area (TPSA) is 39.7 Å². The predicted octanol–water partition coefficient (Wildman–Crippen LogP) is 3.20. The average Bonchev–Trinajstić information content (AvgIpc) is 3.04. The van der Waals surface area contributed by atoms with Gasteiger partial charge in [-0.1, -0.05) is 13.8 Å². The van der Waals surface area contributed by atoms with Gasteiger partial charge >= 0.3 is 0 Å². The molecule has 0 aromatic rings. The van der Waals surface area contributed by atoms with Crippen molar-refractivity contribution >= 4 is 17.7 Å². The Balaban J connectivity index is 2.46. The second-order valence-corrected chi connectivity index (χ2v) is 7.86. The summed E-state index contributed by atoms with van der Waals surface area (Å²) >= 11 is 1.93. The summed E-state index contributed by atoms with van der Waals surface area (Å²) in [6, 6.07) is 0.601. The first-order valence-electron chi connectivity index (χ1n) is 9.42. The summed E-state index contributed by atoms with van der Waals surface area (Å²) in [5.41, 5.74) is 0. The van der Waals surface area contributed by atoms with Crippen molar-refractivity contribution in [1.29, 1.82) is 0 Å². The third-order valence-corrected chi connectivity index (χ3v) is 4.97. The van der Waals surface area contributed by atoms with E-state index in [0.717, 1.165) is 31.5 Å². The molecule has 1 aliphatic heterocycles. The highest BCUT2D eigenvalue weighted by atomic mass is 32.2. The molecular weight excluding hydrogens is 304 g/mol. The van der Waals surface area contributed by atoms with Crippen LogP contribution in [-0.4, -0.2) is 61.6 Å². The van der Waals surface area contributed by atoms with Crippen molar-refractivity contribution in [3.8, 4) is 0 Å². The Morgan fingerprint density at radius 2 is 1.91 bits per heavy atom. The van der Waals surface area contributed by atoms with Crippen molar-refractivity contribution in [2.45, 2.75) is 58.9 Å². The fourth-order valence-electron chi connectivity index (χ4n) is 3.11. The first-order chi connectivity index (χ1) is 11.2. The van der Waals surface area contributed by atoms with E-state index >= 15 is 0 Å². The summed E-state index contributed by atoms with van der Waals surface area (Å²) in [7, 11) is 0. The fraction of sp³-hybridized carbons (Fsp3) is 0.944. The Morgan fingerprint density at radius 1 is 1.17 bits per heavy atom. The molecule has 0 aliphatic carbocycles. The molecule has 1 atom stereocenters. The second kappa shape index (κ2) is 12.9. The molecule has 1 heterocycles. The van der Waals surface area contributed by atoms with Gasteiger partial charge in [0.2, 0.25) is 0 Å². The number of unbranched alkanes of at least 4 members (excludes halogenated alkanes) is 1. The summed E-state index contributed by atoms with van der Waals surface area (Å²) in [5.74, 6) is 2.98. The molecule has 0 spiro atoms. The molecule has 0 bridgehead atoms. The number of hydrogen-bond acceptors (Lipinski definition) is 3. The molecule has 0 aromatic heterocycles. The molecule has 0 radical (unpaired) electrons. The second-order valence-electron chi connectivity index (χ2n) is 6.87. The number of nitrogens with zero attached hydrogens (tertiary/aromatic N) is 2. The maximum Gasteiger partial charge on any atom is 0.191 e. The van der Waals surface area contributed by atoms with Crippen LogP contribution in [0.2, 0.25) is 0 Å². The fourth-order valence-corrected chi connectivity index (χ4v) is 3.60. The van der Waals surface area contributed by atoms with Crippen LogP contribution in [0.5, 0.6) is 0 Å². The highest BCUT2D eigenvalue weighted by molar-refractivity contribution is 7.98. The van der Waals surface area contributed by atoms with E-state index in [9.17, 15) is 0 Å². The Morgan fingerprint density at radius 3 is 2.52 bits per heavy atom. The molecule has 4 nitrogen and oxygen atoms in total. The minimum Gasteiger partial charge on any atom is -0.357 e. The molecule has 0 amide bonds. The van der Waals surface area contributed by atoms with Gasteiger partial charge in [0, 0.05) is 19.1 Å². The first-order valence-corrected chi connectivity index (χ1v) is 10.8. The lowest BCUT2D eigenvalue weighted by Crippen LogP contribution is -2.41. The molecule has 0 saturated carbocycles. The zero-order valence-corrected chi connectivity index (χ0v) is 16.6. The van der Waals surface area contributed by atoms with Gasteiger partial charge in [-0.25, -0.2) is 0 Å². The molecule has 1 rings (SSSR count). The van der Waals surface area contributed by atoms with Crippen molar-refractivity contribution in [2.24, 2.45) is 10.9 Å². The maximum atomic E-state index is 4.88. The number of thioether (sulfide) groups is 1. The van der Waals surface area contributed by atoms with Crippen LogP contribution >= 0.6 is 11.8 Å². The zero-order valence-electron chi connectivity index (χ0n) is 15.7. The summed E-state index contributed by atoms with van der Waals surface area (Å²) in [5, 5.41) is 6.88. The van der Waals surface area contributed by atoms with Crippen molar-refractivity contribution < 1.29 is 0 Å². The van der Waals surface area contributed by atoms with E-state index in [0.29, 0.717) is 6.04 Å². The van der Waals surface area contributed by atoms with Crippen LogP contribution in [-0.2, 0) is 0 Å². The van der Waals surface area contributed by atoms with Gasteiger partial charge in [-0.15, -0.1) is 0 Å². The SMILES string of the molecule is CCNC(=NCC(CC(C)C)N1CCCC1)NCCCCSC. The molecule has 23 heavy (non-hydrogen) atoms. The van der Waals surface area contributed by atoms with Crippen LogP contribution in [0.1, 0.15) is 52.9 Å². The number of guanidine groups is 1. The molecule has 5 heteroatoms. The number of nitrogens with one attached hydrogen (secondary N) is 2. The van der Waals surface area contributed by atoms with E-state index in [1.807, 2.05) is 11.8 Å². The largest absolute Gasteiger partial charge is 0.357 e. The summed E-state index contributed by atoms with van der Waals surface area (Å²) < 4.78 is 0. The normalized spacial score (nSPS) is 17.7. The van der Waals surface area contributed by atoms with Gasteiger partial charge in [-0.05, 0) is 70.0 Å². The summed E-state index contributed by atoms with van der Waals surface area (Å²) in [4.78, 5) is 7.52. The quantitative estimate of drug-likeness (QED) is 0.344. The standard InChI is InChI=1S/C18H38N4S/c1-5-19-18(20-10-6-9-13-23-4)21-15-17(14-16(2)3)22-11-7-8-12-22/h16-17H,5-15H2,1-4H3,(H2,19,20,21). The van der Waals surface area contributed by atoms with Crippen molar-refractivity contribution in [3.05, 3.63) is 0 Å². The Kier molecular flexibility index (Phi) is 11.6. The Hall–Kier alpha value is -0.420. The smallest absolute Gasteiger partial charge is 0.191 e. The van der Waals surface area contributed by atoms with E-state index in [1.54, 1.807) is 0 Å². The van der Waals surface area contributed by atoms with Crippen molar-refractivity contribution in [1.82, 2.24) is 15.5 Å². The van der Waals surface area contributed by atoms with Gasteiger partial charge in [0.15, 0.2) is 5.96 Å². The van der Waals surface area contributed by atoms with Crippen LogP contribution in [0, 0.1) is 5.92 Å². The average molecular weight is 343 g/mol. The van der Waals surface area contributed by atoms with E-state index in [-0.39, 0.29) is 0 Å². The molecule has 1 fully saturated rings. The van der Waals surface area contributed by atoms with Crippen LogP contribution in [0.4, 0.5) is 0 Å². The van der Waals surface area contributed by atoms with Crippen molar-refractivity contribution in [2.75, 3.05) is 44.7 Å². The van der Waals surface area contributed by atoms with Gasteiger partial charge in [0.05, 0.1) is 6.54 Å². The first kappa shape index (κ1) is 20.6. The number of hydrogen-bond donors (Lipinski definition) is 2. The van der Waals surface area contributed by atoms with E-state index in [4.69, 9.17) is 4.99 Å². The summed E-state index contributed by atoms with van der Waals surface area (Å²) in [6.45, 7) is 12.1. The third-order valence-electron chi connectivity index (χ3n) is 4.27. The minimum atomic E-state index is 0.601. The van der Waals surface area contributed by atoms with E-state index < -0.39 is 0 Å². The predicted molar refractivity (Wildman–Crippen MR) is 106 cm³/mol. The van der Waals surface area contributed by atoms with Gasteiger partial charge < -0.3 is 10.6 Å². The van der Waals surface area contributed by atoms with Crippen LogP contribution < -0.4 is 10.6 Å². The highest BCUT2D eigenvalue weighted by Crippen LogP contribution is 2.18. The lowest BCUT2D eigenvalue weighted by atomic mass is 10.0. The van der Waals surface area contributed by atoms with E-state index in [1.165, 1.54) is 50.9 Å². The van der Waals surface area contributed by atoms with E-state index in [2.05, 4.69) is 42.6 Å².